The first-order valence-electron chi connectivity index (χ1n) is 5.82. The summed E-state index contributed by atoms with van der Waals surface area (Å²) in [5.74, 6) is 1.40. The van der Waals surface area contributed by atoms with Crippen LogP contribution in [0.1, 0.15) is 12.5 Å². The largest absolute Gasteiger partial charge is 0.493 e. The van der Waals surface area contributed by atoms with Crippen molar-refractivity contribution in [2.45, 2.75) is 19.4 Å². The maximum atomic E-state index is 5.80. The molecule has 0 bridgehead atoms. The van der Waals surface area contributed by atoms with Crippen LogP contribution in [0.15, 0.2) is 16.6 Å². The van der Waals surface area contributed by atoms with Crippen molar-refractivity contribution in [1.82, 2.24) is 0 Å². The minimum atomic E-state index is 0.113. The second-order valence-electron chi connectivity index (χ2n) is 4.13. The Morgan fingerprint density at radius 1 is 1.28 bits per heavy atom. The average molecular weight is 318 g/mol. The van der Waals surface area contributed by atoms with Crippen LogP contribution in [0.3, 0.4) is 0 Å². The minimum Gasteiger partial charge on any atom is -0.493 e. The molecule has 0 aliphatic heterocycles. The van der Waals surface area contributed by atoms with Crippen molar-refractivity contribution in [2.24, 2.45) is 5.73 Å². The van der Waals surface area contributed by atoms with Gasteiger partial charge in [-0.15, -0.1) is 0 Å². The molecule has 0 radical (unpaired) electrons. The first kappa shape index (κ1) is 15.3. The maximum absolute atomic E-state index is 5.80. The van der Waals surface area contributed by atoms with Gasteiger partial charge >= 0.3 is 0 Å². The summed E-state index contributed by atoms with van der Waals surface area (Å²) < 4.78 is 16.8. The normalized spacial score (nSPS) is 12.3. The number of rotatable bonds is 7. The van der Waals surface area contributed by atoms with Gasteiger partial charge in [0.1, 0.15) is 6.61 Å². The van der Waals surface area contributed by atoms with Crippen LogP contribution in [-0.2, 0) is 11.2 Å². The summed E-state index contributed by atoms with van der Waals surface area (Å²) in [5.41, 5.74) is 6.92. The van der Waals surface area contributed by atoms with Gasteiger partial charge in [0.25, 0.3) is 0 Å². The first-order valence-corrected chi connectivity index (χ1v) is 6.61. The van der Waals surface area contributed by atoms with Crippen LogP contribution < -0.4 is 15.2 Å². The molecule has 4 nitrogen and oxygen atoms in total. The number of halogens is 1. The average Bonchev–Trinajstić information content (AvgIpc) is 2.30. The summed E-state index contributed by atoms with van der Waals surface area (Å²) in [4.78, 5) is 0. The second kappa shape index (κ2) is 7.61. The Kier molecular flexibility index (Phi) is 6.46. The van der Waals surface area contributed by atoms with Gasteiger partial charge in [-0.1, -0.05) is 0 Å². The van der Waals surface area contributed by atoms with Crippen LogP contribution in [0.25, 0.3) is 0 Å². The van der Waals surface area contributed by atoms with Crippen LogP contribution in [0, 0.1) is 0 Å². The molecule has 1 atom stereocenters. The van der Waals surface area contributed by atoms with Crippen molar-refractivity contribution in [3.8, 4) is 11.5 Å². The minimum absolute atomic E-state index is 0.113. The van der Waals surface area contributed by atoms with E-state index in [-0.39, 0.29) is 6.04 Å². The zero-order chi connectivity index (χ0) is 13.5. The van der Waals surface area contributed by atoms with E-state index in [1.54, 1.807) is 14.2 Å². The monoisotopic (exact) mass is 317 g/mol. The van der Waals surface area contributed by atoms with Gasteiger partial charge in [0.05, 0.1) is 18.2 Å². The van der Waals surface area contributed by atoms with Gasteiger partial charge in [-0.3, -0.25) is 0 Å². The van der Waals surface area contributed by atoms with Crippen LogP contribution in [-0.4, -0.2) is 33.5 Å². The highest BCUT2D eigenvalue weighted by atomic mass is 79.9. The van der Waals surface area contributed by atoms with E-state index < -0.39 is 0 Å². The fraction of sp³-hybridized carbons (Fsp3) is 0.538. The summed E-state index contributed by atoms with van der Waals surface area (Å²) in [6, 6.07) is 4.08. The zero-order valence-electron chi connectivity index (χ0n) is 11.0. The molecular weight excluding hydrogens is 298 g/mol. The summed E-state index contributed by atoms with van der Waals surface area (Å²) in [6.07, 6.45) is 0.799. The number of hydrogen-bond donors (Lipinski definition) is 1. The Morgan fingerprint density at radius 3 is 2.56 bits per heavy atom. The molecule has 0 saturated heterocycles. The molecule has 102 valence electrons. The SMILES string of the molecule is COCCOc1c(Br)cc(CC(C)N)cc1OC. The van der Waals surface area contributed by atoms with E-state index in [1.807, 2.05) is 19.1 Å². The summed E-state index contributed by atoms with van der Waals surface area (Å²) >= 11 is 3.49. The van der Waals surface area contributed by atoms with Gasteiger partial charge in [-0.2, -0.15) is 0 Å². The molecular formula is C13H20BrNO3. The van der Waals surface area contributed by atoms with Crippen LogP contribution in [0.2, 0.25) is 0 Å². The van der Waals surface area contributed by atoms with E-state index in [2.05, 4.69) is 15.9 Å². The third kappa shape index (κ3) is 4.48. The van der Waals surface area contributed by atoms with Crippen molar-refractivity contribution < 1.29 is 14.2 Å². The molecule has 0 heterocycles. The number of benzene rings is 1. The predicted octanol–water partition coefficient (Wildman–Crippen LogP) is 2.37. The van der Waals surface area contributed by atoms with Gasteiger partial charge < -0.3 is 19.9 Å². The zero-order valence-corrected chi connectivity index (χ0v) is 12.6. The van der Waals surface area contributed by atoms with E-state index in [0.717, 1.165) is 16.5 Å². The lowest BCUT2D eigenvalue weighted by molar-refractivity contribution is 0.143. The Morgan fingerprint density at radius 2 is 2.00 bits per heavy atom. The highest BCUT2D eigenvalue weighted by Gasteiger charge is 2.12. The Balaban J connectivity index is 2.89. The molecule has 1 aromatic rings. The number of hydrogen-bond acceptors (Lipinski definition) is 4. The standard InChI is InChI=1S/C13H20BrNO3/c1-9(15)6-10-7-11(14)13(12(8-10)17-3)18-5-4-16-2/h7-9H,4-6,15H2,1-3H3. The Hall–Kier alpha value is -0.780. The van der Waals surface area contributed by atoms with Crippen LogP contribution in [0.4, 0.5) is 0 Å². The highest BCUT2D eigenvalue weighted by Crippen LogP contribution is 2.36. The highest BCUT2D eigenvalue weighted by molar-refractivity contribution is 9.10. The van der Waals surface area contributed by atoms with Crippen molar-refractivity contribution >= 4 is 15.9 Å². The summed E-state index contributed by atoms with van der Waals surface area (Å²) in [5, 5.41) is 0. The predicted molar refractivity (Wildman–Crippen MR) is 75.4 cm³/mol. The van der Waals surface area contributed by atoms with E-state index in [0.29, 0.717) is 24.7 Å². The lowest BCUT2D eigenvalue weighted by Crippen LogP contribution is -2.17. The topological polar surface area (TPSA) is 53.7 Å². The molecule has 5 heteroatoms. The number of methoxy groups -OCH3 is 2. The lowest BCUT2D eigenvalue weighted by atomic mass is 10.1. The number of nitrogens with two attached hydrogens (primary N) is 1. The first-order chi connectivity index (χ1) is 8.58. The van der Waals surface area contributed by atoms with Gasteiger partial charge in [0, 0.05) is 13.2 Å². The van der Waals surface area contributed by atoms with Gasteiger partial charge in [0.15, 0.2) is 11.5 Å². The molecule has 0 spiro atoms. The molecule has 0 fully saturated rings. The third-order valence-electron chi connectivity index (χ3n) is 2.38. The Labute approximate surface area is 117 Å². The van der Waals surface area contributed by atoms with Gasteiger partial charge in [-0.25, -0.2) is 0 Å². The van der Waals surface area contributed by atoms with Gasteiger partial charge in [-0.05, 0) is 47.0 Å². The molecule has 0 aromatic heterocycles. The van der Waals surface area contributed by atoms with Crippen LogP contribution in [0.5, 0.6) is 11.5 Å². The molecule has 2 N–H and O–H groups in total. The van der Waals surface area contributed by atoms with Crippen molar-refractivity contribution in [2.75, 3.05) is 27.4 Å². The molecule has 0 amide bonds. The maximum Gasteiger partial charge on any atom is 0.175 e. The lowest BCUT2D eigenvalue weighted by Gasteiger charge is -2.15. The smallest absolute Gasteiger partial charge is 0.175 e. The van der Waals surface area contributed by atoms with E-state index in [1.165, 1.54) is 0 Å². The van der Waals surface area contributed by atoms with E-state index in [9.17, 15) is 0 Å². The fourth-order valence-corrected chi connectivity index (χ4v) is 2.23. The number of ether oxygens (including phenoxy) is 3. The second-order valence-corrected chi connectivity index (χ2v) is 4.99. The molecule has 0 aliphatic rings. The fourth-order valence-electron chi connectivity index (χ4n) is 1.63. The van der Waals surface area contributed by atoms with Crippen molar-refractivity contribution in [3.05, 3.63) is 22.2 Å². The molecule has 1 unspecified atom stereocenters. The quantitative estimate of drug-likeness (QED) is 0.784. The molecule has 1 aromatic carbocycles. The Bertz CT molecular complexity index is 383. The van der Waals surface area contributed by atoms with Crippen molar-refractivity contribution in [3.63, 3.8) is 0 Å². The van der Waals surface area contributed by atoms with Crippen molar-refractivity contribution in [1.29, 1.82) is 0 Å². The molecule has 0 aliphatic carbocycles. The molecule has 18 heavy (non-hydrogen) atoms. The van der Waals surface area contributed by atoms with E-state index >= 15 is 0 Å². The molecule has 0 saturated carbocycles. The summed E-state index contributed by atoms with van der Waals surface area (Å²) in [7, 11) is 3.27. The van der Waals surface area contributed by atoms with Crippen LogP contribution >= 0.6 is 15.9 Å². The molecule has 1 rings (SSSR count). The third-order valence-corrected chi connectivity index (χ3v) is 2.97. The van der Waals surface area contributed by atoms with E-state index in [4.69, 9.17) is 19.9 Å². The summed E-state index contributed by atoms with van der Waals surface area (Å²) in [6.45, 7) is 3.00. The van der Waals surface area contributed by atoms with Gasteiger partial charge in [0.2, 0.25) is 0 Å².